The number of ether oxygens (including phenoxy) is 1. The Labute approximate surface area is 112 Å². The third-order valence-corrected chi connectivity index (χ3v) is 3.53. The Morgan fingerprint density at radius 2 is 2.05 bits per heavy atom. The van der Waals surface area contributed by atoms with Crippen molar-refractivity contribution in [1.29, 1.82) is 0 Å². The van der Waals surface area contributed by atoms with Crippen molar-refractivity contribution in [1.82, 2.24) is 4.98 Å². The van der Waals surface area contributed by atoms with Gasteiger partial charge in [-0.2, -0.15) is 0 Å². The van der Waals surface area contributed by atoms with Gasteiger partial charge in [-0.1, -0.05) is 29.5 Å². The fourth-order valence-electron chi connectivity index (χ4n) is 1.71. The van der Waals surface area contributed by atoms with Crippen LogP contribution in [0.5, 0.6) is 10.8 Å². The van der Waals surface area contributed by atoms with Crippen LogP contribution >= 0.6 is 11.3 Å². The van der Waals surface area contributed by atoms with Crippen LogP contribution in [0.15, 0.2) is 48.7 Å². The predicted octanol–water partition coefficient (Wildman–Crippen LogP) is 3.79. The molecule has 0 bridgehead atoms. The number of hydrogen-bond acceptors (Lipinski definition) is 4. The van der Waals surface area contributed by atoms with E-state index in [4.69, 9.17) is 9.84 Å². The number of aromatic nitrogens is 1. The maximum atomic E-state index is 10.8. The Morgan fingerprint density at radius 3 is 2.84 bits per heavy atom. The molecule has 3 rings (SSSR count). The second-order valence-electron chi connectivity index (χ2n) is 3.89. The lowest BCUT2D eigenvalue weighted by Gasteiger charge is -2.03. The zero-order valence-electron chi connectivity index (χ0n) is 9.74. The first kappa shape index (κ1) is 11.7. The molecule has 5 heteroatoms. The van der Waals surface area contributed by atoms with E-state index in [1.807, 2.05) is 30.3 Å². The molecule has 1 aromatic carbocycles. The van der Waals surface area contributed by atoms with Crippen molar-refractivity contribution in [3.05, 3.63) is 53.5 Å². The molecule has 0 spiro atoms. The van der Waals surface area contributed by atoms with Crippen LogP contribution in [0.4, 0.5) is 0 Å². The molecule has 3 aromatic rings. The van der Waals surface area contributed by atoms with Gasteiger partial charge >= 0.3 is 5.97 Å². The number of thiophene rings is 1. The number of para-hydroxylation sites is 1. The number of benzene rings is 1. The van der Waals surface area contributed by atoms with Gasteiger partial charge in [0, 0.05) is 5.39 Å². The summed E-state index contributed by atoms with van der Waals surface area (Å²) in [7, 11) is 0. The van der Waals surface area contributed by atoms with Crippen LogP contribution in [0.2, 0.25) is 0 Å². The van der Waals surface area contributed by atoms with Crippen LogP contribution in [-0.2, 0) is 0 Å². The molecule has 0 saturated carbocycles. The van der Waals surface area contributed by atoms with E-state index in [1.165, 1.54) is 6.07 Å². The molecule has 19 heavy (non-hydrogen) atoms. The number of carboxylic acids is 1. The van der Waals surface area contributed by atoms with Crippen LogP contribution in [0.25, 0.3) is 10.9 Å². The van der Waals surface area contributed by atoms with Gasteiger partial charge in [0.15, 0.2) is 5.06 Å². The smallest absolute Gasteiger partial charge is 0.345 e. The Kier molecular flexibility index (Phi) is 2.89. The molecule has 4 nitrogen and oxygen atoms in total. The number of fused-ring (bicyclic) bond motifs is 1. The van der Waals surface area contributed by atoms with E-state index in [1.54, 1.807) is 12.3 Å². The van der Waals surface area contributed by atoms with E-state index in [2.05, 4.69) is 4.98 Å². The number of carbonyl (C=O) groups is 1. The molecule has 0 aliphatic rings. The SMILES string of the molecule is O=C(O)c1ccc(Oc2cnc3ccccc3c2)s1. The van der Waals surface area contributed by atoms with Crippen molar-refractivity contribution < 1.29 is 14.6 Å². The van der Waals surface area contributed by atoms with Crippen LogP contribution < -0.4 is 4.74 Å². The van der Waals surface area contributed by atoms with Gasteiger partial charge in [-0.05, 0) is 24.3 Å². The number of carboxylic acid groups (broad SMARTS) is 1. The van der Waals surface area contributed by atoms with E-state index in [0.29, 0.717) is 10.8 Å². The van der Waals surface area contributed by atoms with Crippen molar-refractivity contribution in [3.8, 4) is 10.8 Å². The van der Waals surface area contributed by atoms with E-state index < -0.39 is 5.97 Å². The lowest BCUT2D eigenvalue weighted by molar-refractivity contribution is 0.0702. The van der Waals surface area contributed by atoms with Gasteiger partial charge in [-0.25, -0.2) is 4.79 Å². The molecule has 0 aliphatic carbocycles. The topological polar surface area (TPSA) is 59.4 Å². The minimum Gasteiger partial charge on any atom is -0.477 e. The van der Waals surface area contributed by atoms with Crippen molar-refractivity contribution in [2.75, 3.05) is 0 Å². The summed E-state index contributed by atoms with van der Waals surface area (Å²) in [6.45, 7) is 0. The van der Waals surface area contributed by atoms with Gasteiger partial charge < -0.3 is 9.84 Å². The van der Waals surface area contributed by atoms with Crippen molar-refractivity contribution >= 4 is 28.2 Å². The molecule has 94 valence electrons. The van der Waals surface area contributed by atoms with Crippen molar-refractivity contribution in [2.45, 2.75) is 0 Å². The van der Waals surface area contributed by atoms with Crippen LogP contribution in [0, 0.1) is 0 Å². The summed E-state index contributed by atoms with van der Waals surface area (Å²) >= 11 is 1.09. The molecule has 2 aromatic heterocycles. The highest BCUT2D eigenvalue weighted by atomic mass is 32.1. The molecule has 0 amide bonds. The summed E-state index contributed by atoms with van der Waals surface area (Å²) in [6, 6.07) is 12.8. The number of aromatic carboxylic acids is 1. The summed E-state index contributed by atoms with van der Waals surface area (Å²) in [4.78, 5) is 15.3. The zero-order valence-corrected chi connectivity index (χ0v) is 10.6. The Morgan fingerprint density at radius 1 is 1.21 bits per heavy atom. The van der Waals surface area contributed by atoms with Gasteiger partial charge in [0.1, 0.15) is 10.6 Å². The maximum Gasteiger partial charge on any atom is 0.345 e. The molecule has 0 radical (unpaired) electrons. The third-order valence-electron chi connectivity index (χ3n) is 2.58. The largest absolute Gasteiger partial charge is 0.477 e. The summed E-state index contributed by atoms with van der Waals surface area (Å²) in [5.74, 6) is -0.353. The highest BCUT2D eigenvalue weighted by Crippen LogP contribution is 2.30. The molecule has 0 fully saturated rings. The van der Waals surface area contributed by atoms with Gasteiger partial charge in [-0.3, -0.25) is 4.98 Å². The Balaban J connectivity index is 1.89. The van der Waals surface area contributed by atoms with E-state index in [0.717, 1.165) is 22.2 Å². The molecule has 0 unspecified atom stereocenters. The first-order valence-electron chi connectivity index (χ1n) is 5.58. The maximum absolute atomic E-state index is 10.8. The second-order valence-corrected chi connectivity index (χ2v) is 4.94. The minimum atomic E-state index is -0.948. The number of hydrogen-bond donors (Lipinski definition) is 1. The van der Waals surface area contributed by atoms with E-state index >= 15 is 0 Å². The molecule has 0 aliphatic heterocycles. The minimum absolute atomic E-state index is 0.253. The molecular weight excluding hydrogens is 262 g/mol. The summed E-state index contributed by atoms with van der Waals surface area (Å²) in [5, 5.41) is 10.4. The first-order chi connectivity index (χ1) is 9.22. The van der Waals surface area contributed by atoms with Gasteiger partial charge in [0.05, 0.1) is 11.7 Å². The normalized spacial score (nSPS) is 10.5. The summed E-state index contributed by atoms with van der Waals surface area (Å²) in [6.07, 6.45) is 1.63. The predicted molar refractivity (Wildman–Crippen MR) is 73.1 cm³/mol. The van der Waals surface area contributed by atoms with E-state index in [-0.39, 0.29) is 4.88 Å². The van der Waals surface area contributed by atoms with Gasteiger partial charge in [0.25, 0.3) is 0 Å². The Bertz CT molecular complexity index is 751. The van der Waals surface area contributed by atoms with Crippen LogP contribution in [0.3, 0.4) is 0 Å². The monoisotopic (exact) mass is 271 g/mol. The zero-order chi connectivity index (χ0) is 13.2. The average molecular weight is 271 g/mol. The van der Waals surface area contributed by atoms with Crippen molar-refractivity contribution in [2.24, 2.45) is 0 Å². The number of nitrogens with zero attached hydrogens (tertiary/aromatic N) is 1. The first-order valence-corrected chi connectivity index (χ1v) is 6.40. The lowest BCUT2D eigenvalue weighted by Crippen LogP contribution is -1.89. The van der Waals surface area contributed by atoms with Gasteiger partial charge in [0.2, 0.25) is 0 Å². The second kappa shape index (κ2) is 4.70. The standard InChI is InChI=1S/C14H9NO3S/c16-14(17)12-5-6-13(19-12)18-10-7-9-3-1-2-4-11(9)15-8-10/h1-8H,(H,16,17). The lowest BCUT2D eigenvalue weighted by atomic mass is 10.2. The Hall–Kier alpha value is -2.40. The molecular formula is C14H9NO3S. The fraction of sp³-hybridized carbons (Fsp3) is 0. The molecule has 1 N–H and O–H groups in total. The van der Waals surface area contributed by atoms with Gasteiger partial charge in [-0.15, -0.1) is 0 Å². The number of pyridine rings is 1. The number of rotatable bonds is 3. The highest BCUT2D eigenvalue weighted by Gasteiger charge is 2.08. The highest BCUT2D eigenvalue weighted by molar-refractivity contribution is 7.15. The van der Waals surface area contributed by atoms with E-state index in [9.17, 15) is 4.79 Å². The molecule has 0 saturated heterocycles. The fourth-order valence-corrected chi connectivity index (χ4v) is 2.43. The quantitative estimate of drug-likeness (QED) is 0.787. The third kappa shape index (κ3) is 2.41. The van der Waals surface area contributed by atoms with Crippen molar-refractivity contribution in [3.63, 3.8) is 0 Å². The average Bonchev–Trinajstić information content (AvgIpc) is 2.87. The molecule has 0 atom stereocenters. The van der Waals surface area contributed by atoms with Crippen LogP contribution in [0.1, 0.15) is 9.67 Å². The van der Waals surface area contributed by atoms with Crippen LogP contribution in [-0.4, -0.2) is 16.1 Å². The summed E-state index contributed by atoms with van der Waals surface area (Å²) < 4.78 is 5.61. The molecule has 2 heterocycles. The summed E-state index contributed by atoms with van der Waals surface area (Å²) in [5.41, 5.74) is 0.896.